The van der Waals surface area contributed by atoms with Crippen molar-refractivity contribution in [2.24, 2.45) is 0 Å². The Morgan fingerprint density at radius 3 is 2.68 bits per heavy atom. The lowest BCUT2D eigenvalue weighted by molar-refractivity contribution is 0.694. The Kier molecular flexibility index (Phi) is 4.92. The summed E-state index contributed by atoms with van der Waals surface area (Å²) in [6.45, 7) is 5.07. The molecule has 3 aromatic heterocycles. The van der Waals surface area contributed by atoms with E-state index < -0.39 is 0 Å². The Bertz CT molecular complexity index is 1620. The molecule has 3 heterocycles. The molecule has 1 N–H and O–H groups in total. The molecule has 0 radical (unpaired) electrons. The fourth-order valence-electron chi connectivity index (χ4n) is 4.26. The van der Waals surface area contributed by atoms with Gasteiger partial charge in [-0.3, -0.25) is 9.78 Å². The summed E-state index contributed by atoms with van der Waals surface area (Å²) in [5, 5.41) is 22.0. The van der Waals surface area contributed by atoms with Crippen molar-refractivity contribution in [2.45, 2.75) is 26.3 Å². The first-order valence-electron chi connectivity index (χ1n) is 11.2. The predicted octanol–water partition coefficient (Wildman–Crippen LogP) is 5.99. The summed E-state index contributed by atoms with van der Waals surface area (Å²) < 4.78 is 3.79. The van der Waals surface area contributed by atoms with Crippen molar-refractivity contribution >= 4 is 33.5 Å². The first-order chi connectivity index (χ1) is 16.6. The minimum atomic E-state index is 0.510. The standard InChI is InChI=1S/C26H22ClN7/c1-16(2)18-5-3-17(4-6-18)15-33-24(9-10-29-33)20-11-22(27)26-25(12-20)34(32-31-26)21-8-7-19-14-28-30-23(19)13-21/h3-14,16H,15H2,1-2H3,(H,28,30). The number of benzene rings is 3. The summed E-state index contributed by atoms with van der Waals surface area (Å²) >= 11 is 6.66. The number of nitrogens with one attached hydrogen (secondary N) is 1. The maximum Gasteiger partial charge on any atom is 0.132 e. The summed E-state index contributed by atoms with van der Waals surface area (Å²) in [6.07, 6.45) is 3.61. The number of nitrogens with zero attached hydrogens (tertiary/aromatic N) is 6. The molecule has 0 aliphatic carbocycles. The highest BCUT2D eigenvalue weighted by molar-refractivity contribution is 6.35. The number of aromatic nitrogens is 7. The lowest BCUT2D eigenvalue weighted by Gasteiger charge is -2.11. The first kappa shape index (κ1) is 20.6. The lowest BCUT2D eigenvalue weighted by Crippen LogP contribution is -2.04. The molecule has 0 atom stereocenters. The van der Waals surface area contributed by atoms with Crippen molar-refractivity contribution in [3.63, 3.8) is 0 Å². The highest BCUT2D eigenvalue weighted by Gasteiger charge is 2.15. The number of rotatable bonds is 5. The Morgan fingerprint density at radius 1 is 1.00 bits per heavy atom. The molecule has 0 aliphatic rings. The van der Waals surface area contributed by atoms with E-state index in [9.17, 15) is 0 Å². The molecule has 0 aliphatic heterocycles. The van der Waals surface area contributed by atoms with Crippen molar-refractivity contribution in [3.05, 3.63) is 89.2 Å². The van der Waals surface area contributed by atoms with Crippen LogP contribution in [0.5, 0.6) is 0 Å². The molecular weight excluding hydrogens is 446 g/mol. The third-order valence-corrected chi connectivity index (χ3v) is 6.45. The molecule has 0 saturated heterocycles. The van der Waals surface area contributed by atoms with Gasteiger partial charge in [0.15, 0.2) is 0 Å². The fraction of sp³-hybridized carbons (Fsp3) is 0.154. The van der Waals surface area contributed by atoms with Crippen LogP contribution in [0.4, 0.5) is 0 Å². The SMILES string of the molecule is CC(C)c1ccc(Cn2nccc2-c2cc(Cl)c3nnn(-c4ccc5cn[nH]c5c4)c3c2)cc1. The second-order valence-corrected chi connectivity index (χ2v) is 9.15. The molecule has 3 aromatic carbocycles. The van der Waals surface area contributed by atoms with Gasteiger partial charge in [0.2, 0.25) is 0 Å². The summed E-state index contributed by atoms with van der Waals surface area (Å²) in [6, 6.07) is 20.7. The van der Waals surface area contributed by atoms with Crippen LogP contribution in [-0.2, 0) is 6.54 Å². The Morgan fingerprint density at radius 2 is 1.85 bits per heavy atom. The van der Waals surface area contributed by atoms with Crippen LogP contribution in [-0.4, -0.2) is 35.0 Å². The first-order valence-corrected chi connectivity index (χ1v) is 11.5. The van der Waals surface area contributed by atoms with Crippen molar-refractivity contribution in [2.75, 3.05) is 0 Å². The summed E-state index contributed by atoms with van der Waals surface area (Å²) in [4.78, 5) is 0. The van der Waals surface area contributed by atoms with Crippen LogP contribution >= 0.6 is 11.6 Å². The van der Waals surface area contributed by atoms with Crippen LogP contribution in [0.2, 0.25) is 5.02 Å². The average molecular weight is 468 g/mol. The molecule has 0 fully saturated rings. The molecule has 0 spiro atoms. The average Bonchev–Trinajstić information content (AvgIpc) is 3.58. The van der Waals surface area contributed by atoms with Crippen LogP contribution in [0, 0.1) is 0 Å². The largest absolute Gasteiger partial charge is 0.278 e. The molecule has 0 amide bonds. The number of halogens is 1. The van der Waals surface area contributed by atoms with Crippen molar-refractivity contribution < 1.29 is 0 Å². The quantitative estimate of drug-likeness (QED) is 0.338. The van der Waals surface area contributed by atoms with Crippen molar-refractivity contribution in [1.29, 1.82) is 0 Å². The van der Waals surface area contributed by atoms with Gasteiger partial charge in [-0.15, -0.1) is 5.10 Å². The van der Waals surface area contributed by atoms with Gasteiger partial charge in [-0.25, -0.2) is 4.68 Å². The lowest BCUT2D eigenvalue weighted by atomic mass is 10.0. The van der Waals surface area contributed by atoms with Gasteiger partial charge in [0, 0.05) is 17.1 Å². The van der Waals surface area contributed by atoms with Gasteiger partial charge in [0.25, 0.3) is 0 Å². The Balaban J connectivity index is 1.40. The molecular formula is C26H22ClN7. The molecule has 7 nitrogen and oxygen atoms in total. The van der Waals surface area contributed by atoms with Gasteiger partial charge < -0.3 is 0 Å². The second-order valence-electron chi connectivity index (χ2n) is 8.74. The fourth-order valence-corrected chi connectivity index (χ4v) is 4.51. The third-order valence-electron chi connectivity index (χ3n) is 6.17. The highest BCUT2D eigenvalue weighted by Crippen LogP contribution is 2.31. The minimum absolute atomic E-state index is 0.510. The van der Waals surface area contributed by atoms with Crippen LogP contribution in [0.3, 0.4) is 0 Å². The molecule has 0 bridgehead atoms. The summed E-state index contributed by atoms with van der Waals surface area (Å²) in [5.41, 5.74) is 7.77. The number of H-pyrrole nitrogens is 1. The zero-order valence-electron chi connectivity index (χ0n) is 18.8. The normalized spacial score (nSPS) is 11.8. The van der Waals surface area contributed by atoms with Gasteiger partial charge in [-0.2, -0.15) is 10.2 Å². The molecule has 6 rings (SSSR count). The van der Waals surface area contributed by atoms with E-state index in [1.165, 1.54) is 11.1 Å². The zero-order chi connectivity index (χ0) is 23.2. The minimum Gasteiger partial charge on any atom is -0.278 e. The van der Waals surface area contributed by atoms with E-state index in [0.717, 1.165) is 33.4 Å². The molecule has 0 saturated carbocycles. The molecule has 0 unspecified atom stereocenters. The van der Waals surface area contributed by atoms with Crippen LogP contribution in [0.25, 0.3) is 38.9 Å². The van der Waals surface area contributed by atoms with Crippen molar-refractivity contribution in [3.8, 4) is 16.9 Å². The van der Waals surface area contributed by atoms with E-state index in [0.29, 0.717) is 23.0 Å². The van der Waals surface area contributed by atoms with Gasteiger partial charge in [-0.1, -0.05) is 54.9 Å². The Hall–Kier alpha value is -3.97. The van der Waals surface area contributed by atoms with E-state index >= 15 is 0 Å². The summed E-state index contributed by atoms with van der Waals surface area (Å²) in [5.74, 6) is 0.510. The van der Waals surface area contributed by atoms with Gasteiger partial charge in [0.05, 0.1) is 40.2 Å². The third kappa shape index (κ3) is 3.54. The number of fused-ring (bicyclic) bond motifs is 2. The Labute approximate surface area is 201 Å². The monoisotopic (exact) mass is 467 g/mol. The summed E-state index contributed by atoms with van der Waals surface area (Å²) in [7, 11) is 0. The van der Waals surface area contributed by atoms with Crippen molar-refractivity contribution in [1.82, 2.24) is 35.0 Å². The maximum absolute atomic E-state index is 6.66. The number of aromatic amines is 1. The predicted molar refractivity (Wildman–Crippen MR) is 134 cm³/mol. The van der Waals surface area contributed by atoms with Gasteiger partial charge in [0.1, 0.15) is 5.52 Å². The van der Waals surface area contributed by atoms with E-state index in [-0.39, 0.29) is 0 Å². The smallest absolute Gasteiger partial charge is 0.132 e. The van der Waals surface area contributed by atoms with E-state index in [1.807, 2.05) is 41.2 Å². The van der Waals surface area contributed by atoms with E-state index in [4.69, 9.17) is 11.6 Å². The van der Waals surface area contributed by atoms with E-state index in [1.54, 1.807) is 10.9 Å². The molecule has 34 heavy (non-hydrogen) atoms. The zero-order valence-corrected chi connectivity index (χ0v) is 19.5. The molecule has 8 heteroatoms. The van der Waals surface area contributed by atoms with Crippen LogP contribution in [0.15, 0.2) is 73.1 Å². The second kappa shape index (κ2) is 8.11. The van der Waals surface area contributed by atoms with E-state index in [2.05, 4.69) is 69.8 Å². The molecule has 168 valence electrons. The number of hydrogen-bond donors (Lipinski definition) is 1. The number of hydrogen-bond acceptors (Lipinski definition) is 4. The highest BCUT2D eigenvalue weighted by atomic mass is 35.5. The maximum atomic E-state index is 6.66. The van der Waals surface area contributed by atoms with Crippen LogP contribution < -0.4 is 0 Å². The van der Waals surface area contributed by atoms with Gasteiger partial charge in [-0.05, 0) is 53.4 Å². The topological polar surface area (TPSA) is 77.2 Å². The van der Waals surface area contributed by atoms with Gasteiger partial charge >= 0.3 is 0 Å². The van der Waals surface area contributed by atoms with Crippen LogP contribution in [0.1, 0.15) is 30.9 Å². The molecule has 6 aromatic rings.